The summed E-state index contributed by atoms with van der Waals surface area (Å²) in [6.07, 6.45) is 4.71. The Morgan fingerprint density at radius 3 is 2.55 bits per heavy atom. The molecule has 1 aliphatic heterocycles. The van der Waals surface area contributed by atoms with E-state index >= 15 is 0 Å². The van der Waals surface area contributed by atoms with Gasteiger partial charge in [-0.1, -0.05) is 6.08 Å². The molecule has 3 aromatic rings. The maximum atomic E-state index is 13.4. The number of rotatable bonds is 3. The first-order chi connectivity index (χ1) is 14.7. The van der Waals surface area contributed by atoms with Crippen LogP contribution in [0.1, 0.15) is 35.7 Å². The fraction of sp³-hybridized carbons (Fsp3) is 0.261. The van der Waals surface area contributed by atoms with Crippen molar-refractivity contribution in [3.8, 4) is 11.3 Å². The van der Waals surface area contributed by atoms with Gasteiger partial charge in [0.1, 0.15) is 17.2 Å². The second kappa shape index (κ2) is 7.85. The van der Waals surface area contributed by atoms with Crippen LogP contribution in [-0.4, -0.2) is 34.2 Å². The van der Waals surface area contributed by atoms with Crippen molar-refractivity contribution in [2.75, 3.05) is 24.2 Å². The number of hydrogen-bond donors (Lipinski definition) is 1. The SMILES string of the molecule is CNC(=O)c1c(-c2ccc(F)cc2)oc2cc3c(cc12)/C(C)=C\CCCN3S(C)(=O)=O. The van der Waals surface area contributed by atoms with Crippen LogP contribution in [-0.2, 0) is 10.0 Å². The van der Waals surface area contributed by atoms with E-state index in [0.717, 1.165) is 17.6 Å². The summed E-state index contributed by atoms with van der Waals surface area (Å²) in [5, 5.41) is 3.20. The molecule has 2 aromatic carbocycles. The predicted octanol–water partition coefficient (Wildman–Crippen LogP) is 4.56. The van der Waals surface area contributed by atoms with E-state index in [-0.39, 0.29) is 5.91 Å². The molecule has 4 rings (SSSR count). The second-order valence-electron chi connectivity index (χ2n) is 7.62. The van der Waals surface area contributed by atoms with Crippen molar-refractivity contribution in [1.82, 2.24) is 5.32 Å². The fourth-order valence-electron chi connectivity index (χ4n) is 3.94. The van der Waals surface area contributed by atoms with Crippen LogP contribution < -0.4 is 9.62 Å². The van der Waals surface area contributed by atoms with Crippen LogP contribution in [0.3, 0.4) is 0 Å². The maximum absolute atomic E-state index is 13.4. The van der Waals surface area contributed by atoms with Crippen LogP contribution in [0.2, 0.25) is 0 Å². The van der Waals surface area contributed by atoms with Gasteiger partial charge in [0, 0.05) is 36.2 Å². The molecule has 6 nitrogen and oxygen atoms in total. The third kappa shape index (κ3) is 3.83. The first-order valence-electron chi connectivity index (χ1n) is 9.94. The average Bonchev–Trinajstić information content (AvgIpc) is 3.08. The van der Waals surface area contributed by atoms with Crippen molar-refractivity contribution in [3.05, 3.63) is 59.4 Å². The van der Waals surface area contributed by atoms with Crippen LogP contribution in [0.5, 0.6) is 0 Å². The van der Waals surface area contributed by atoms with Gasteiger partial charge in [-0.05, 0) is 55.7 Å². The lowest BCUT2D eigenvalue weighted by Gasteiger charge is -2.26. The number of sulfonamides is 1. The Kier molecular flexibility index (Phi) is 5.35. The number of halogens is 1. The number of hydrogen-bond acceptors (Lipinski definition) is 4. The van der Waals surface area contributed by atoms with Crippen molar-refractivity contribution < 1.29 is 22.0 Å². The van der Waals surface area contributed by atoms with Gasteiger partial charge < -0.3 is 9.73 Å². The van der Waals surface area contributed by atoms with Gasteiger partial charge in [0.2, 0.25) is 10.0 Å². The van der Waals surface area contributed by atoms with Crippen molar-refractivity contribution in [3.63, 3.8) is 0 Å². The first kappa shape index (κ1) is 21.1. The quantitative estimate of drug-likeness (QED) is 0.645. The zero-order valence-corrected chi connectivity index (χ0v) is 18.3. The van der Waals surface area contributed by atoms with Crippen LogP contribution in [0, 0.1) is 5.82 Å². The Hall–Kier alpha value is -3.13. The number of carbonyl (C=O) groups is 1. The number of anilines is 1. The zero-order valence-electron chi connectivity index (χ0n) is 17.5. The Morgan fingerprint density at radius 1 is 1.19 bits per heavy atom. The van der Waals surface area contributed by atoms with Crippen molar-refractivity contribution in [2.45, 2.75) is 19.8 Å². The van der Waals surface area contributed by atoms with E-state index in [0.29, 0.717) is 46.5 Å². The number of furan rings is 1. The first-order valence-corrected chi connectivity index (χ1v) is 11.8. The molecule has 1 aromatic heterocycles. The fourth-order valence-corrected chi connectivity index (χ4v) is 4.91. The molecule has 0 saturated heterocycles. The van der Waals surface area contributed by atoms with Crippen molar-refractivity contribution in [1.29, 1.82) is 0 Å². The lowest BCUT2D eigenvalue weighted by atomic mass is 9.97. The highest BCUT2D eigenvalue weighted by molar-refractivity contribution is 7.92. The molecule has 8 heteroatoms. The molecular weight excluding hydrogens is 419 g/mol. The maximum Gasteiger partial charge on any atom is 0.255 e. The smallest absolute Gasteiger partial charge is 0.255 e. The molecule has 0 fully saturated rings. The molecule has 1 amide bonds. The molecule has 0 unspecified atom stereocenters. The van der Waals surface area contributed by atoms with Crippen LogP contribution in [0.15, 0.2) is 46.9 Å². The Bertz CT molecular complexity index is 1310. The molecule has 0 bridgehead atoms. The molecule has 2 heterocycles. The van der Waals surface area contributed by atoms with E-state index in [1.165, 1.54) is 29.7 Å². The lowest BCUT2D eigenvalue weighted by molar-refractivity contribution is 0.0964. The van der Waals surface area contributed by atoms with Gasteiger partial charge in [0.15, 0.2) is 0 Å². The summed E-state index contributed by atoms with van der Waals surface area (Å²) in [4.78, 5) is 12.8. The Balaban J connectivity index is 2.06. The highest BCUT2D eigenvalue weighted by Crippen LogP contribution is 2.40. The molecule has 0 aliphatic carbocycles. The van der Waals surface area contributed by atoms with Gasteiger partial charge >= 0.3 is 0 Å². The second-order valence-corrected chi connectivity index (χ2v) is 9.53. The molecule has 31 heavy (non-hydrogen) atoms. The Labute approximate surface area is 180 Å². The molecule has 0 spiro atoms. The lowest BCUT2D eigenvalue weighted by Crippen LogP contribution is -2.32. The van der Waals surface area contributed by atoms with E-state index in [4.69, 9.17) is 4.42 Å². The van der Waals surface area contributed by atoms with E-state index < -0.39 is 15.8 Å². The average molecular weight is 443 g/mol. The molecule has 0 saturated carbocycles. The molecule has 0 atom stereocenters. The summed E-state index contributed by atoms with van der Waals surface area (Å²) in [6.45, 7) is 2.28. The number of nitrogens with one attached hydrogen (secondary N) is 1. The summed E-state index contributed by atoms with van der Waals surface area (Å²) in [5.74, 6) is -0.431. The van der Waals surface area contributed by atoms with E-state index in [2.05, 4.69) is 11.4 Å². The van der Waals surface area contributed by atoms with Gasteiger partial charge in [-0.15, -0.1) is 0 Å². The topological polar surface area (TPSA) is 79.6 Å². The van der Waals surface area contributed by atoms with Crippen molar-refractivity contribution in [2.24, 2.45) is 0 Å². The van der Waals surface area contributed by atoms with Crippen LogP contribution >= 0.6 is 0 Å². The zero-order chi connectivity index (χ0) is 22.3. The van der Waals surface area contributed by atoms with E-state index in [1.54, 1.807) is 24.3 Å². The number of nitrogens with zero attached hydrogens (tertiary/aromatic N) is 1. The predicted molar refractivity (Wildman–Crippen MR) is 120 cm³/mol. The summed E-state index contributed by atoms with van der Waals surface area (Å²) < 4.78 is 45.9. The molecule has 1 N–H and O–H groups in total. The van der Waals surface area contributed by atoms with Gasteiger partial charge in [-0.2, -0.15) is 0 Å². The standard InChI is InChI=1S/C23H23FN2O4S/c1-14-6-4-5-11-26(31(3,28)29)19-13-20-18(12-17(14)19)21(23(27)25-2)22(30-20)15-7-9-16(24)10-8-15/h6-10,12-13H,4-5,11H2,1-3H3,(H,25,27)/b14-6-. The van der Waals surface area contributed by atoms with Gasteiger partial charge in [-0.3, -0.25) is 9.10 Å². The van der Waals surface area contributed by atoms with Gasteiger partial charge in [-0.25, -0.2) is 12.8 Å². The highest BCUT2D eigenvalue weighted by atomic mass is 32.2. The Morgan fingerprint density at radius 2 is 1.90 bits per heavy atom. The third-order valence-corrected chi connectivity index (χ3v) is 6.66. The number of fused-ring (bicyclic) bond motifs is 2. The third-order valence-electron chi connectivity index (χ3n) is 5.48. The summed E-state index contributed by atoms with van der Waals surface area (Å²) in [6, 6.07) is 9.17. The minimum atomic E-state index is -3.51. The van der Waals surface area contributed by atoms with E-state index in [1.807, 2.05) is 6.92 Å². The number of carbonyl (C=O) groups excluding carboxylic acids is 1. The summed E-state index contributed by atoms with van der Waals surface area (Å²) >= 11 is 0. The van der Waals surface area contributed by atoms with Gasteiger partial charge in [0.05, 0.1) is 17.5 Å². The number of amides is 1. The normalized spacial score (nSPS) is 16.3. The molecular formula is C23H23FN2O4S. The number of benzene rings is 2. The summed E-state index contributed by atoms with van der Waals surface area (Å²) in [7, 11) is -1.98. The minimum Gasteiger partial charge on any atom is -0.455 e. The molecule has 162 valence electrons. The summed E-state index contributed by atoms with van der Waals surface area (Å²) in [5.41, 5.74) is 3.44. The molecule has 0 radical (unpaired) electrons. The van der Waals surface area contributed by atoms with Crippen LogP contribution in [0.4, 0.5) is 10.1 Å². The molecule has 1 aliphatic rings. The van der Waals surface area contributed by atoms with Crippen LogP contribution in [0.25, 0.3) is 27.9 Å². The monoisotopic (exact) mass is 442 g/mol. The van der Waals surface area contributed by atoms with E-state index in [9.17, 15) is 17.6 Å². The van der Waals surface area contributed by atoms with Crippen molar-refractivity contribution >= 4 is 38.2 Å². The highest BCUT2D eigenvalue weighted by Gasteiger charge is 2.27. The number of allylic oxidation sites excluding steroid dienone is 2. The minimum absolute atomic E-state index is 0.305. The van der Waals surface area contributed by atoms with Gasteiger partial charge in [0.25, 0.3) is 5.91 Å². The largest absolute Gasteiger partial charge is 0.455 e.